The molecule has 12 nitrogen and oxygen atoms in total. The third-order valence-corrected chi connectivity index (χ3v) is 9.14. The van der Waals surface area contributed by atoms with Crippen LogP contribution in [0.25, 0.3) is 5.69 Å². The molecule has 1 aliphatic heterocycles. The number of hydrogen-bond acceptors (Lipinski definition) is 9. The maximum absolute atomic E-state index is 13.9. The first-order valence-corrected chi connectivity index (χ1v) is 14.7. The summed E-state index contributed by atoms with van der Waals surface area (Å²) in [5.74, 6) is -2.80. The fourth-order valence-corrected chi connectivity index (χ4v) is 6.80. The average molecular weight is 591 g/mol. The zero-order chi connectivity index (χ0) is 29.3. The minimum absolute atomic E-state index is 0.0190. The van der Waals surface area contributed by atoms with Gasteiger partial charge in [-0.1, -0.05) is 0 Å². The Hall–Kier alpha value is -3.98. The third-order valence-electron chi connectivity index (χ3n) is 7.33. The lowest BCUT2D eigenvalue weighted by molar-refractivity contribution is -0.390. The third kappa shape index (κ3) is 6.05. The molecule has 2 aromatic heterocycles. The highest BCUT2D eigenvalue weighted by Crippen LogP contribution is 2.31. The summed E-state index contributed by atoms with van der Waals surface area (Å²) in [4.78, 5) is 29.7. The van der Waals surface area contributed by atoms with Crippen molar-refractivity contribution in [3.05, 3.63) is 79.9 Å². The number of nitrogens with zero attached hydrogens (tertiary/aromatic N) is 6. The quantitative estimate of drug-likeness (QED) is 0.286. The maximum atomic E-state index is 13.9. The van der Waals surface area contributed by atoms with Crippen LogP contribution in [0, 0.1) is 28.7 Å². The molecule has 3 heterocycles. The van der Waals surface area contributed by atoms with Gasteiger partial charge in [-0.05, 0) is 66.3 Å². The number of benzene rings is 1. The number of aromatic nitrogens is 3. The van der Waals surface area contributed by atoms with Crippen LogP contribution in [0.1, 0.15) is 36.8 Å². The first kappa shape index (κ1) is 28.5. The number of halogens is 2. The number of pyridine rings is 1. The predicted molar refractivity (Wildman–Crippen MR) is 145 cm³/mol. The second-order valence-corrected chi connectivity index (χ2v) is 12.0. The Morgan fingerprint density at radius 1 is 1.10 bits per heavy atom. The molecule has 0 atom stereocenters. The standard InChI is InChI=1S/C26H28F2N6O6S/c1-17-6-7-29-25(34(36)37)22(17)16-41(38,39)32-10-8-31(9-11-32)23-15-30-33(20-13-18(27)12-19(28)14-20)26(35)24(23)40-21-4-2-3-5-21/h6-7,12-15,21H,2-5,8-11,16H2,1H3. The molecule has 1 aromatic carbocycles. The van der Waals surface area contributed by atoms with Gasteiger partial charge >= 0.3 is 11.4 Å². The summed E-state index contributed by atoms with van der Waals surface area (Å²) in [6, 6.07) is 4.21. The van der Waals surface area contributed by atoms with E-state index in [1.807, 2.05) is 0 Å². The van der Waals surface area contributed by atoms with Crippen LogP contribution < -0.4 is 15.2 Å². The second kappa shape index (κ2) is 11.5. The van der Waals surface area contributed by atoms with E-state index >= 15 is 0 Å². The molecule has 3 aromatic rings. The SMILES string of the molecule is Cc1ccnc([N+](=O)[O-])c1CS(=O)(=O)N1CCN(c2cnn(-c3cc(F)cc(F)c3)c(=O)c2OC2CCCC2)CC1. The Kier molecular flexibility index (Phi) is 8.00. The highest BCUT2D eigenvalue weighted by atomic mass is 32.2. The maximum Gasteiger partial charge on any atom is 0.367 e. The van der Waals surface area contributed by atoms with E-state index in [2.05, 4.69) is 10.1 Å². The van der Waals surface area contributed by atoms with Gasteiger partial charge in [-0.15, -0.1) is 0 Å². The number of sulfonamides is 1. The van der Waals surface area contributed by atoms with Gasteiger partial charge in [0.25, 0.3) is 0 Å². The van der Waals surface area contributed by atoms with Gasteiger partial charge in [0.1, 0.15) is 23.5 Å². The molecular formula is C26H28F2N6O6S. The van der Waals surface area contributed by atoms with Crippen molar-refractivity contribution in [3.63, 3.8) is 0 Å². The van der Waals surface area contributed by atoms with E-state index in [1.165, 1.54) is 22.8 Å². The van der Waals surface area contributed by atoms with Crippen molar-refractivity contribution in [2.75, 3.05) is 31.1 Å². The summed E-state index contributed by atoms with van der Waals surface area (Å²) in [6.45, 7) is 2.08. The summed E-state index contributed by atoms with van der Waals surface area (Å²) in [5.41, 5.74) is 0.0619. The molecule has 41 heavy (non-hydrogen) atoms. The minimum Gasteiger partial charge on any atom is -0.483 e. The van der Waals surface area contributed by atoms with Crippen LogP contribution >= 0.6 is 0 Å². The second-order valence-electron chi connectivity index (χ2n) is 10.1. The molecule has 0 unspecified atom stereocenters. The van der Waals surface area contributed by atoms with Crippen molar-refractivity contribution in [1.29, 1.82) is 0 Å². The van der Waals surface area contributed by atoms with Gasteiger partial charge in [-0.25, -0.2) is 17.2 Å². The van der Waals surface area contributed by atoms with Gasteiger partial charge < -0.3 is 19.8 Å². The molecule has 218 valence electrons. The van der Waals surface area contributed by atoms with E-state index in [1.54, 1.807) is 11.8 Å². The monoisotopic (exact) mass is 590 g/mol. The molecule has 0 spiro atoms. The molecule has 1 saturated heterocycles. The van der Waals surface area contributed by atoms with Crippen molar-refractivity contribution in [2.45, 2.75) is 44.5 Å². The smallest absolute Gasteiger partial charge is 0.367 e. The lowest BCUT2D eigenvalue weighted by Gasteiger charge is -2.36. The Labute approximate surface area is 234 Å². The average Bonchev–Trinajstić information content (AvgIpc) is 3.43. The van der Waals surface area contributed by atoms with Crippen molar-refractivity contribution < 1.29 is 26.9 Å². The zero-order valence-corrected chi connectivity index (χ0v) is 23.0. The van der Waals surface area contributed by atoms with Gasteiger partial charge in [-0.2, -0.15) is 14.1 Å². The summed E-state index contributed by atoms with van der Waals surface area (Å²) in [7, 11) is -3.93. The highest BCUT2D eigenvalue weighted by molar-refractivity contribution is 7.88. The van der Waals surface area contributed by atoms with Crippen molar-refractivity contribution in [3.8, 4) is 11.4 Å². The Morgan fingerprint density at radius 2 is 1.76 bits per heavy atom. The predicted octanol–water partition coefficient (Wildman–Crippen LogP) is 3.10. The highest BCUT2D eigenvalue weighted by Gasteiger charge is 2.33. The van der Waals surface area contributed by atoms with Crippen molar-refractivity contribution in [1.82, 2.24) is 19.1 Å². The van der Waals surface area contributed by atoms with Crippen LogP contribution in [0.3, 0.4) is 0 Å². The molecule has 0 N–H and O–H groups in total. The van der Waals surface area contributed by atoms with Crippen molar-refractivity contribution >= 4 is 21.5 Å². The Bertz CT molecular complexity index is 1620. The summed E-state index contributed by atoms with van der Waals surface area (Å²) >= 11 is 0. The molecule has 2 fully saturated rings. The van der Waals surface area contributed by atoms with Gasteiger partial charge in [0, 0.05) is 32.2 Å². The number of rotatable bonds is 8. The van der Waals surface area contributed by atoms with E-state index in [0.29, 0.717) is 17.3 Å². The number of ether oxygens (including phenoxy) is 1. The van der Waals surface area contributed by atoms with Crippen LogP contribution in [0.4, 0.5) is 20.3 Å². The molecule has 0 radical (unpaired) electrons. The van der Waals surface area contributed by atoms with Gasteiger partial charge in [0.2, 0.25) is 15.8 Å². The first-order chi connectivity index (χ1) is 19.5. The van der Waals surface area contributed by atoms with Crippen molar-refractivity contribution in [2.24, 2.45) is 0 Å². The minimum atomic E-state index is -3.93. The number of hydrogen-bond donors (Lipinski definition) is 0. The molecule has 2 aliphatic rings. The van der Waals surface area contributed by atoms with Crippen LogP contribution in [0.5, 0.6) is 5.75 Å². The molecule has 5 rings (SSSR count). The topological polar surface area (TPSA) is 141 Å². The summed E-state index contributed by atoms with van der Waals surface area (Å²) in [6.07, 6.45) is 5.82. The van der Waals surface area contributed by atoms with Crippen LogP contribution in [0.2, 0.25) is 0 Å². The summed E-state index contributed by atoms with van der Waals surface area (Å²) in [5, 5.41) is 15.6. The van der Waals surface area contributed by atoms with E-state index < -0.39 is 43.7 Å². The Balaban J connectivity index is 1.40. The zero-order valence-electron chi connectivity index (χ0n) is 22.2. The van der Waals surface area contributed by atoms with E-state index in [4.69, 9.17) is 4.74 Å². The number of piperazine rings is 1. The molecular weight excluding hydrogens is 562 g/mol. The molecule has 15 heteroatoms. The van der Waals surface area contributed by atoms with Gasteiger partial charge in [-0.3, -0.25) is 4.79 Å². The van der Waals surface area contributed by atoms with Crippen LogP contribution in [-0.4, -0.2) is 64.7 Å². The van der Waals surface area contributed by atoms with Gasteiger partial charge in [0.15, 0.2) is 0 Å². The van der Waals surface area contributed by atoms with Crippen LogP contribution in [-0.2, 0) is 15.8 Å². The normalized spacial score (nSPS) is 16.7. The molecule has 0 amide bonds. The number of aryl methyl sites for hydroxylation is 1. The number of nitro groups is 1. The summed E-state index contributed by atoms with van der Waals surface area (Å²) < 4.78 is 62.5. The van der Waals surface area contributed by atoms with E-state index in [9.17, 15) is 32.1 Å². The molecule has 1 aliphatic carbocycles. The largest absolute Gasteiger partial charge is 0.483 e. The lowest BCUT2D eigenvalue weighted by atomic mass is 10.2. The first-order valence-electron chi connectivity index (χ1n) is 13.1. The van der Waals surface area contributed by atoms with E-state index in [0.717, 1.165) is 42.5 Å². The fourth-order valence-electron chi connectivity index (χ4n) is 5.17. The van der Waals surface area contributed by atoms with E-state index in [-0.39, 0.29) is 49.3 Å². The van der Waals surface area contributed by atoms with Gasteiger partial charge in [0.05, 0.1) is 29.3 Å². The lowest BCUT2D eigenvalue weighted by Crippen LogP contribution is -2.49. The Morgan fingerprint density at radius 3 is 2.39 bits per heavy atom. The molecule has 1 saturated carbocycles. The number of anilines is 1. The van der Waals surface area contributed by atoms with Crippen LogP contribution in [0.15, 0.2) is 41.5 Å². The fraction of sp³-hybridized carbons (Fsp3) is 0.423. The molecule has 0 bridgehead atoms.